The highest BCUT2D eigenvalue weighted by Gasteiger charge is 2.13. The fraction of sp³-hybridized carbons (Fsp3) is 0.250. The van der Waals surface area contributed by atoms with Crippen LogP contribution in [0.4, 0.5) is 4.79 Å². The molecule has 0 aromatic carbocycles. The van der Waals surface area contributed by atoms with E-state index in [0.717, 1.165) is 9.36 Å². The molecule has 0 fully saturated rings. The van der Waals surface area contributed by atoms with E-state index in [2.05, 4.69) is 31.1 Å². The van der Waals surface area contributed by atoms with Crippen molar-refractivity contribution in [3.05, 3.63) is 12.2 Å². The lowest BCUT2D eigenvalue weighted by Gasteiger charge is -1.96. The van der Waals surface area contributed by atoms with Crippen LogP contribution < -0.4 is 0 Å². The molecule has 13 heavy (non-hydrogen) atoms. The average Bonchev–Trinajstić information content (AvgIpc) is 2.72. The van der Waals surface area contributed by atoms with Gasteiger partial charge in [-0.15, -0.1) is 19.6 Å². The Labute approximate surface area is 71.3 Å². The maximum atomic E-state index is 11.4. The summed E-state index contributed by atoms with van der Waals surface area (Å²) in [7, 11) is 0. The van der Waals surface area contributed by atoms with Gasteiger partial charge in [-0.05, 0) is 27.8 Å². The molecule has 0 spiro atoms. The number of carbonyl (C=O) groups is 1. The molecule has 2 heterocycles. The van der Waals surface area contributed by atoms with Gasteiger partial charge in [-0.2, -0.15) is 0 Å². The monoisotopic (exact) mass is 180 g/mol. The van der Waals surface area contributed by atoms with Crippen LogP contribution in [0.5, 0.6) is 0 Å². The van der Waals surface area contributed by atoms with Gasteiger partial charge < -0.3 is 0 Å². The van der Waals surface area contributed by atoms with Gasteiger partial charge in [-0.25, -0.2) is 4.79 Å². The van der Waals surface area contributed by atoms with Crippen molar-refractivity contribution in [2.24, 2.45) is 0 Å². The van der Waals surface area contributed by atoms with E-state index < -0.39 is 6.03 Å². The normalized spacial score (nSPS) is 10.2. The number of hydrogen-bond donors (Lipinski definition) is 0. The SMILES string of the molecule is Cc1nnnn1C(=O)n1cnnn1. The van der Waals surface area contributed by atoms with Crippen LogP contribution in [0.25, 0.3) is 0 Å². The van der Waals surface area contributed by atoms with E-state index in [4.69, 9.17) is 0 Å². The maximum absolute atomic E-state index is 11.4. The first-order valence-corrected chi connectivity index (χ1v) is 3.31. The van der Waals surface area contributed by atoms with Crippen LogP contribution in [0.2, 0.25) is 0 Å². The van der Waals surface area contributed by atoms with Crippen LogP contribution in [0, 0.1) is 6.92 Å². The molecule has 0 atom stereocenters. The Morgan fingerprint density at radius 1 is 1.38 bits per heavy atom. The standard InChI is InChI=1S/C4H4N8O/c1-3-6-8-10-12(3)4(13)11-2-5-7-9-11/h2H,1H3. The summed E-state index contributed by atoms with van der Waals surface area (Å²) in [6.07, 6.45) is 1.17. The van der Waals surface area contributed by atoms with Crippen molar-refractivity contribution in [2.45, 2.75) is 6.92 Å². The molecule has 0 aliphatic heterocycles. The summed E-state index contributed by atoms with van der Waals surface area (Å²) >= 11 is 0. The van der Waals surface area contributed by atoms with Gasteiger partial charge in [0.05, 0.1) is 0 Å². The van der Waals surface area contributed by atoms with Crippen molar-refractivity contribution in [2.75, 3.05) is 0 Å². The Morgan fingerprint density at radius 3 is 2.77 bits per heavy atom. The summed E-state index contributed by atoms with van der Waals surface area (Å²) < 4.78 is 1.93. The Kier molecular flexibility index (Phi) is 1.55. The molecule has 0 unspecified atom stereocenters. The lowest BCUT2D eigenvalue weighted by molar-refractivity contribution is 0.236. The zero-order valence-corrected chi connectivity index (χ0v) is 6.56. The first kappa shape index (κ1) is 7.46. The molecule has 2 aromatic rings. The number of aromatic nitrogens is 8. The van der Waals surface area contributed by atoms with E-state index in [1.807, 2.05) is 0 Å². The van der Waals surface area contributed by atoms with Gasteiger partial charge in [0.1, 0.15) is 6.33 Å². The van der Waals surface area contributed by atoms with E-state index >= 15 is 0 Å². The molecule has 2 rings (SSSR count). The van der Waals surface area contributed by atoms with E-state index in [1.165, 1.54) is 6.33 Å². The molecule has 0 aliphatic rings. The second-order valence-corrected chi connectivity index (χ2v) is 2.17. The highest BCUT2D eigenvalue weighted by atomic mass is 16.2. The summed E-state index contributed by atoms with van der Waals surface area (Å²) in [6, 6.07) is -0.521. The number of tetrazole rings is 2. The van der Waals surface area contributed by atoms with Crippen LogP contribution in [0.3, 0.4) is 0 Å². The van der Waals surface area contributed by atoms with E-state index in [0.29, 0.717) is 5.82 Å². The molecule has 9 nitrogen and oxygen atoms in total. The molecule has 9 heteroatoms. The number of carbonyl (C=O) groups excluding carboxylic acids is 1. The molecule has 2 aromatic heterocycles. The second-order valence-electron chi connectivity index (χ2n) is 2.17. The highest BCUT2D eigenvalue weighted by molar-refractivity contribution is 5.77. The Balaban J connectivity index is 2.39. The average molecular weight is 180 g/mol. The van der Waals surface area contributed by atoms with Crippen molar-refractivity contribution in [1.29, 1.82) is 0 Å². The molecule has 0 N–H and O–H groups in total. The fourth-order valence-electron chi connectivity index (χ4n) is 0.754. The largest absolute Gasteiger partial charge is 0.375 e. The van der Waals surface area contributed by atoms with Crippen LogP contribution in [-0.4, -0.2) is 46.4 Å². The van der Waals surface area contributed by atoms with Crippen molar-refractivity contribution in [1.82, 2.24) is 40.4 Å². The van der Waals surface area contributed by atoms with Crippen LogP contribution >= 0.6 is 0 Å². The van der Waals surface area contributed by atoms with Gasteiger partial charge in [-0.3, -0.25) is 0 Å². The fourth-order valence-corrected chi connectivity index (χ4v) is 0.754. The van der Waals surface area contributed by atoms with Gasteiger partial charge in [0.25, 0.3) is 0 Å². The molecule has 0 amide bonds. The number of rotatable bonds is 0. The third-order valence-corrected chi connectivity index (χ3v) is 1.35. The number of aryl methyl sites for hydroxylation is 1. The summed E-state index contributed by atoms with van der Waals surface area (Å²) in [5.74, 6) is 0.375. The molecule has 66 valence electrons. The zero-order chi connectivity index (χ0) is 9.26. The van der Waals surface area contributed by atoms with Gasteiger partial charge in [-0.1, -0.05) is 0 Å². The van der Waals surface area contributed by atoms with Gasteiger partial charge in [0.2, 0.25) is 0 Å². The quantitative estimate of drug-likeness (QED) is 0.453. The first-order valence-electron chi connectivity index (χ1n) is 3.31. The minimum atomic E-state index is -0.521. The van der Waals surface area contributed by atoms with Gasteiger partial charge in [0, 0.05) is 0 Å². The lowest BCUT2D eigenvalue weighted by atomic mass is 10.7. The highest BCUT2D eigenvalue weighted by Crippen LogP contribution is 1.90. The third-order valence-electron chi connectivity index (χ3n) is 1.35. The van der Waals surface area contributed by atoms with Crippen LogP contribution in [-0.2, 0) is 0 Å². The third kappa shape index (κ3) is 1.15. The summed E-state index contributed by atoms with van der Waals surface area (Å²) in [6.45, 7) is 1.60. The topological polar surface area (TPSA) is 104 Å². The van der Waals surface area contributed by atoms with E-state index in [-0.39, 0.29) is 0 Å². The molecule has 0 bridgehead atoms. The first-order chi connectivity index (χ1) is 6.29. The molecule has 0 aliphatic carbocycles. The van der Waals surface area contributed by atoms with Crippen molar-refractivity contribution >= 4 is 6.03 Å². The predicted octanol–water partition coefficient (Wildman–Crippen LogP) is -1.52. The minimum Gasteiger partial charge on any atom is -0.243 e. The molecular weight excluding hydrogens is 176 g/mol. The summed E-state index contributed by atoms with van der Waals surface area (Å²) in [5, 5.41) is 20.3. The number of hydrogen-bond acceptors (Lipinski definition) is 7. The van der Waals surface area contributed by atoms with E-state index in [1.54, 1.807) is 6.92 Å². The van der Waals surface area contributed by atoms with Crippen LogP contribution in [0.1, 0.15) is 5.82 Å². The van der Waals surface area contributed by atoms with Crippen LogP contribution in [0.15, 0.2) is 6.33 Å². The van der Waals surface area contributed by atoms with Gasteiger partial charge >= 0.3 is 6.03 Å². The Hall–Kier alpha value is -2.19. The molecule has 0 radical (unpaired) electrons. The maximum Gasteiger partial charge on any atom is 0.375 e. The van der Waals surface area contributed by atoms with Crippen molar-refractivity contribution < 1.29 is 4.79 Å². The second kappa shape index (κ2) is 2.69. The predicted molar refractivity (Wildman–Crippen MR) is 36.6 cm³/mol. The number of nitrogens with zero attached hydrogens (tertiary/aromatic N) is 8. The Bertz CT molecular complexity index is 415. The minimum absolute atomic E-state index is 0.375. The molecular formula is C4H4N8O. The smallest absolute Gasteiger partial charge is 0.243 e. The zero-order valence-electron chi connectivity index (χ0n) is 6.56. The molecule has 0 saturated carbocycles. The van der Waals surface area contributed by atoms with Crippen molar-refractivity contribution in [3.63, 3.8) is 0 Å². The van der Waals surface area contributed by atoms with Gasteiger partial charge in [0.15, 0.2) is 5.82 Å². The Morgan fingerprint density at radius 2 is 2.23 bits per heavy atom. The van der Waals surface area contributed by atoms with E-state index in [9.17, 15) is 4.79 Å². The summed E-state index contributed by atoms with van der Waals surface area (Å²) in [5.41, 5.74) is 0. The lowest BCUT2D eigenvalue weighted by Crippen LogP contribution is -2.22. The van der Waals surface area contributed by atoms with Crippen molar-refractivity contribution in [3.8, 4) is 0 Å². The summed E-state index contributed by atoms with van der Waals surface area (Å²) in [4.78, 5) is 11.4. The molecule has 0 saturated heterocycles.